The smallest absolute Gasteiger partial charge is 0.276 e. The SMILES string of the molecule is O=S1(=O)CC[C@@H](c2nnc(SCCO)o2)C1. The van der Waals surface area contributed by atoms with Crippen molar-refractivity contribution >= 4 is 21.6 Å². The first kappa shape index (κ1) is 11.9. The first-order chi connectivity index (χ1) is 7.61. The van der Waals surface area contributed by atoms with Gasteiger partial charge in [-0.25, -0.2) is 8.42 Å². The van der Waals surface area contributed by atoms with Crippen molar-refractivity contribution in [3.05, 3.63) is 5.89 Å². The Morgan fingerprint density at radius 3 is 2.94 bits per heavy atom. The van der Waals surface area contributed by atoms with E-state index in [0.717, 1.165) is 0 Å². The third kappa shape index (κ3) is 2.74. The van der Waals surface area contributed by atoms with Crippen LogP contribution in [0.2, 0.25) is 0 Å². The molecule has 1 aromatic heterocycles. The highest BCUT2D eigenvalue weighted by atomic mass is 32.2. The van der Waals surface area contributed by atoms with Gasteiger partial charge in [-0.15, -0.1) is 10.2 Å². The van der Waals surface area contributed by atoms with Gasteiger partial charge in [0.1, 0.15) is 0 Å². The molecule has 0 bridgehead atoms. The van der Waals surface area contributed by atoms with Gasteiger partial charge >= 0.3 is 0 Å². The Kier molecular flexibility index (Phi) is 3.50. The molecule has 0 aliphatic carbocycles. The molecule has 0 amide bonds. The molecule has 2 rings (SSSR count). The van der Waals surface area contributed by atoms with Crippen LogP contribution in [0.4, 0.5) is 0 Å². The summed E-state index contributed by atoms with van der Waals surface area (Å²) in [6.07, 6.45) is 0.550. The average molecular weight is 264 g/mol. The second-order valence-corrected chi connectivity index (χ2v) is 6.85. The van der Waals surface area contributed by atoms with Gasteiger partial charge in [-0.3, -0.25) is 0 Å². The molecule has 90 valence electrons. The Bertz CT molecular complexity index is 456. The van der Waals surface area contributed by atoms with E-state index in [1.54, 1.807) is 0 Å². The van der Waals surface area contributed by atoms with Crippen molar-refractivity contribution in [1.29, 1.82) is 0 Å². The Balaban J connectivity index is 2.02. The fourth-order valence-corrected chi connectivity index (χ4v) is 3.81. The van der Waals surface area contributed by atoms with Crippen LogP contribution in [0, 0.1) is 0 Å². The van der Waals surface area contributed by atoms with Crippen molar-refractivity contribution in [3.63, 3.8) is 0 Å². The number of rotatable bonds is 4. The Morgan fingerprint density at radius 2 is 2.31 bits per heavy atom. The zero-order valence-electron chi connectivity index (χ0n) is 8.50. The zero-order chi connectivity index (χ0) is 11.6. The van der Waals surface area contributed by atoms with Crippen LogP contribution in [0.1, 0.15) is 18.2 Å². The van der Waals surface area contributed by atoms with Crippen molar-refractivity contribution in [2.75, 3.05) is 23.9 Å². The molecule has 1 N–H and O–H groups in total. The lowest BCUT2D eigenvalue weighted by molar-refractivity contribution is 0.321. The number of nitrogens with zero attached hydrogens (tertiary/aromatic N) is 2. The lowest BCUT2D eigenvalue weighted by Crippen LogP contribution is -2.03. The predicted octanol–water partition coefficient (Wildman–Crippen LogP) is 0.0561. The second-order valence-electron chi connectivity index (χ2n) is 3.58. The van der Waals surface area contributed by atoms with E-state index in [1.807, 2.05) is 0 Å². The third-order valence-electron chi connectivity index (χ3n) is 2.32. The van der Waals surface area contributed by atoms with Crippen LogP contribution in [0.5, 0.6) is 0 Å². The molecule has 0 radical (unpaired) electrons. The highest BCUT2D eigenvalue weighted by Crippen LogP contribution is 2.29. The van der Waals surface area contributed by atoms with Gasteiger partial charge in [-0.2, -0.15) is 0 Å². The fourth-order valence-electron chi connectivity index (χ4n) is 1.57. The summed E-state index contributed by atoms with van der Waals surface area (Å²) in [4.78, 5) is 0. The monoisotopic (exact) mass is 264 g/mol. The van der Waals surface area contributed by atoms with Crippen LogP contribution in [0.25, 0.3) is 0 Å². The summed E-state index contributed by atoms with van der Waals surface area (Å²) in [5, 5.41) is 16.6. The van der Waals surface area contributed by atoms with E-state index in [0.29, 0.717) is 23.3 Å². The molecule has 6 nitrogen and oxygen atoms in total. The van der Waals surface area contributed by atoms with Crippen LogP contribution in [-0.4, -0.2) is 47.6 Å². The van der Waals surface area contributed by atoms with Crippen LogP contribution in [0.15, 0.2) is 9.64 Å². The topological polar surface area (TPSA) is 93.3 Å². The van der Waals surface area contributed by atoms with Gasteiger partial charge in [-0.1, -0.05) is 11.8 Å². The van der Waals surface area contributed by atoms with Crippen molar-refractivity contribution in [1.82, 2.24) is 10.2 Å². The molecule has 0 aromatic carbocycles. The summed E-state index contributed by atoms with van der Waals surface area (Å²) < 4.78 is 27.9. The Hall–Kier alpha value is -0.600. The zero-order valence-corrected chi connectivity index (χ0v) is 10.1. The lowest BCUT2D eigenvalue weighted by Gasteiger charge is -1.98. The molecule has 1 atom stereocenters. The van der Waals surface area contributed by atoms with Gasteiger partial charge in [-0.05, 0) is 6.42 Å². The minimum absolute atomic E-state index is 0.0419. The van der Waals surface area contributed by atoms with E-state index in [1.165, 1.54) is 11.8 Å². The average Bonchev–Trinajstić information content (AvgIpc) is 2.81. The molecule has 0 saturated carbocycles. The van der Waals surface area contributed by atoms with Crippen molar-refractivity contribution < 1.29 is 17.9 Å². The molecule has 0 spiro atoms. The molecule has 1 aliphatic heterocycles. The van der Waals surface area contributed by atoms with Gasteiger partial charge < -0.3 is 9.52 Å². The molecule has 8 heteroatoms. The normalized spacial score (nSPS) is 23.7. The number of sulfone groups is 1. The van der Waals surface area contributed by atoms with E-state index in [2.05, 4.69) is 10.2 Å². The van der Waals surface area contributed by atoms with Crippen LogP contribution < -0.4 is 0 Å². The summed E-state index contributed by atoms with van der Waals surface area (Å²) in [6.45, 7) is 0.0419. The summed E-state index contributed by atoms with van der Waals surface area (Å²) in [7, 11) is -2.93. The second kappa shape index (κ2) is 4.72. The molecule has 0 unspecified atom stereocenters. The molecule has 2 heterocycles. The quantitative estimate of drug-likeness (QED) is 0.768. The molecule has 1 aromatic rings. The fraction of sp³-hybridized carbons (Fsp3) is 0.750. The van der Waals surface area contributed by atoms with E-state index < -0.39 is 9.84 Å². The maximum Gasteiger partial charge on any atom is 0.276 e. The molecular weight excluding hydrogens is 252 g/mol. The third-order valence-corrected chi connectivity index (χ3v) is 4.89. The minimum atomic E-state index is -2.93. The minimum Gasteiger partial charge on any atom is -0.416 e. The van der Waals surface area contributed by atoms with Crippen LogP contribution >= 0.6 is 11.8 Å². The van der Waals surface area contributed by atoms with Crippen molar-refractivity contribution in [3.8, 4) is 0 Å². The number of hydrogen-bond acceptors (Lipinski definition) is 7. The highest BCUT2D eigenvalue weighted by molar-refractivity contribution is 7.99. The van der Waals surface area contributed by atoms with Crippen molar-refractivity contribution in [2.24, 2.45) is 0 Å². The summed E-state index contributed by atoms with van der Waals surface area (Å²) >= 11 is 1.26. The van der Waals surface area contributed by atoms with E-state index >= 15 is 0 Å². The lowest BCUT2D eigenvalue weighted by atomic mass is 10.1. The Labute approximate surface area is 97.4 Å². The largest absolute Gasteiger partial charge is 0.416 e. The standard InChI is InChI=1S/C8H12N2O4S2/c11-2-3-15-8-10-9-7(14-8)6-1-4-16(12,13)5-6/h6,11H,1-5H2/t6-/m1/s1. The molecule has 16 heavy (non-hydrogen) atoms. The first-order valence-electron chi connectivity index (χ1n) is 4.88. The van der Waals surface area contributed by atoms with Gasteiger partial charge in [0.2, 0.25) is 5.89 Å². The van der Waals surface area contributed by atoms with E-state index in [-0.39, 0.29) is 24.0 Å². The number of aliphatic hydroxyl groups is 1. The van der Waals surface area contributed by atoms with Gasteiger partial charge in [0, 0.05) is 5.75 Å². The molecule has 1 aliphatic rings. The van der Waals surface area contributed by atoms with Crippen molar-refractivity contribution in [2.45, 2.75) is 17.6 Å². The first-order valence-corrected chi connectivity index (χ1v) is 7.69. The number of thioether (sulfide) groups is 1. The summed E-state index contributed by atoms with van der Waals surface area (Å²) in [5.74, 6) is 1.01. The van der Waals surface area contributed by atoms with E-state index in [4.69, 9.17) is 9.52 Å². The highest BCUT2D eigenvalue weighted by Gasteiger charge is 2.32. The van der Waals surface area contributed by atoms with Gasteiger partial charge in [0.25, 0.3) is 5.22 Å². The number of aliphatic hydroxyl groups excluding tert-OH is 1. The number of hydrogen-bond donors (Lipinski definition) is 1. The molecular formula is C8H12N2O4S2. The van der Waals surface area contributed by atoms with E-state index in [9.17, 15) is 8.42 Å². The molecule has 1 saturated heterocycles. The van der Waals surface area contributed by atoms with Crippen LogP contribution in [0.3, 0.4) is 0 Å². The molecule has 1 fully saturated rings. The summed E-state index contributed by atoms with van der Waals surface area (Å²) in [5.41, 5.74) is 0. The number of aromatic nitrogens is 2. The summed E-state index contributed by atoms with van der Waals surface area (Å²) in [6, 6.07) is 0. The van der Waals surface area contributed by atoms with Crippen LogP contribution in [-0.2, 0) is 9.84 Å². The maximum atomic E-state index is 11.3. The predicted molar refractivity (Wildman–Crippen MR) is 58.1 cm³/mol. The maximum absolute atomic E-state index is 11.3. The van der Waals surface area contributed by atoms with Gasteiger partial charge in [0.05, 0.1) is 24.0 Å². The Morgan fingerprint density at radius 1 is 1.50 bits per heavy atom. The van der Waals surface area contributed by atoms with Gasteiger partial charge in [0.15, 0.2) is 9.84 Å².